The monoisotopic (exact) mass is 283 g/mol. The van der Waals surface area contributed by atoms with E-state index in [2.05, 4.69) is 15.6 Å². The Labute approximate surface area is 123 Å². The lowest BCUT2D eigenvalue weighted by molar-refractivity contribution is -0.119. The van der Waals surface area contributed by atoms with Gasteiger partial charge in [0.2, 0.25) is 5.91 Å². The third-order valence-electron chi connectivity index (χ3n) is 3.02. The van der Waals surface area contributed by atoms with Crippen molar-refractivity contribution in [1.29, 1.82) is 0 Å². The normalized spacial score (nSPS) is 10.0. The summed E-state index contributed by atoms with van der Waals surface area (Å²) in [5, 5.41) is 5.37. The minimum absolute atomic E-state index is 0.106. The Bertz CT molecular complexity index is 668. The van der Waals surface area contributed by atoms with E-state index in [9.17, 15) is 9.59 Å². The summed E-state index contributed by atoms with van der Waals surface area (Å²) in [5.74, 6) is -0.395. The molecule has 0 aliphatic carbocycles. The van der Waals surface area contributed by atoms with Gasteiger partial charge in [-0.05, 0) is 30.7 Å². The molecule has 2 amide bonds. The van der Waals surface area contributed by atoms with Gasteiger partial charge in [-0.2, -0.15) is 0 Å². The molecule has 21 heavy (non-hydrogen) atoms. The zero-order valence-corrected chi connectivity index (χ0v) is 12.0. The minimum Gasteiger partial charge on any atom is -0.359 e. The fraction of sp³-hybridized carbons (Fsp3) is 0.188. The number of hydrogen-bond donors (Lipinski definition) is 2. The van der Waals surface area contributed by atoms with E-state index in [0.29, 0.717) is 11.4 Å². The second kappa shape index (κ2) is 6.65. The van der Waals surface area contributed by atoms with Crippen LogP contribution in [0, 0.1) is 6.92 Å². The van der Waals surface area contributed by atoms with E-state index in [1.165, 1.54) is 0 Å². The maximum absolute atomic E-state index is 12.2. The van der Waals surface area contributed by atoms with Crippen molar-refractivity contribution in [3.8, 4) is 0 Å². The highest BCUT2D eigenvalue weighted by Crippen LogP contribution is 2.16. The molecule has 1 heterocycles. The van der Waals surface area contributed by atoms with E-state index in [1.54, 1.807) is 25.2 Å². The number of likely N-dealkylation sites (N-methyl/N-ethyl adjacent to an activating group) is 1. The second-order valence-corrected chi connectivity index (χ2v) is 4.63. The molecule has 0 saturated heterocycles. The number of aryl methyl sites for hydroxylation is 1. The molecule has 1 aromatic carbocycles. The lowest BCUT2D eigenvalue weighted by Gasteiger charge is -2.10. The number of pyridine rings is 1. The van der Waals surface area contributed by atoms with Crippen LogP contribution < -0.4 is 10.6 Å². The Hall–Kier alpha value is -2.69. The van der Waals surface area contributed by atoms with E-state index < -0.39 is 0 Å². The number of benzene rings is 1. The minimum atomic E-state index is -0.289. The van der Waals surface area contributed by atoms with Gasteiger partial charge in [0.15, 0.2) is 0 Å². The van der Waals surface area contributed by atoms with Crippen LogP contribution in [0.2, 0.25) is 0 Å². The van der Waals surface area contributed by atoms with Crippen LogP contribution in [0.25, 0.3) is 0 Å². The van der Waals surface area contributed by atoms with Gasteiger partial charge in [0.1, 0.15) is 5.69 Å². The summed E-state index contributed by atoms with van der Waals surface area (Å²) in [4.78, 5) is 27.9. The third-order valence-corrected chi connectivity index (χ3v) is 3.02. The Morgan fingerprint density at radius 2 is 1.86 bits per heavy atom. The van der Waals surface area contributed by atoms with Gasteiger partial charge in [-0.3, -0.25) is 9.59 Å². The first kappa shape index (κ1) is 14.7. The van der Waals surface area contributed by atoms with Gasteiger partial charge in [0.25, 0.3) is 5.91 Å². The fourth-order valence-electron chi connectivity index (χ4n) is 1.91. The molecule has 0 radical (unpaired) electrons. The van der Waals surface area contributed by atoms with Gasteiger partial charge in [-0.1, -0.05) is 24.3 Å². The predicted octanol–water partition coefficient (Wildman–Crippen LogP) is 1.93. The quantitative estimate of drug-likeness (QED) is 0.900. The Kier molecular flexibility index (Phi) is 4.66. The molecule has 2 N–H and O–H groups in total. The molecule has 5 nitrogen and oxygen atoms in total. The average Bonchev–Trinajstić information content (AvgIpc) is 2.49. The molecule has 5 heteroatoms. The Morgan fingerprint density at radius 1 is 1.10 bits per heavy atom. The van der Waals surface area contributed by atoms with Crippen LogP contribution in [-0.4, -0.2) is 23.8 Å². The summed E-state index contributed by atoms with van der Waals surface area (Å²) in [5.41, 5.74) is 2.51. The lowest BCUT2D eigenvalue weighted by atomic mass is 10.1. The molecule has 1 aromatic heterocycles. The highest BCUT2D eigenvalue weighted by Gasteiger charge is 2.11. The topological polar surface area (TPSA) is 71.1 Å². The summed E-state index contributed by atoms with van der Waals surface area (Å²) >= 11 is 0. The van der Waals surface area contributed by atoms with Crippen LogP contribution in [0.15, 0.2) is 42.5 Å². The first-order valence-electron chi connectivity index (χ1n) is 6.63. The van der Waals surface area contributed by atoms with Crippen molar-refractivity contribution in [1.82, 2.24) is 10.3 Å². The van der Waals surface area contributed by atoms with Gasteiger partial charge in [0, 0.05) is 18.4 Å². The maximum atomic E-state index is 12.2. The molecule has 0 spiro atoms. The molecule has 0 aliphatic heterocycles. The third kappa shape index (κ3) is 3.89. The number of aromatic nitrogens is 1. The first-order chi connectivity index (χ1) is 10.1. The molecule has 2 aromatic rings. The lowest BCUT2D eigenvalue weighted by Crippen LogP contribution is -2.21. The van der Waals surface area contributed by atoms with Crippen molar-refractivity contribution in [2.24, 2.45) is 0 Å². The van der Waals surface area contributed by atoms with Gasteiger partial charge in [-0.15, -0.1) is 0 Å². The number of amides is 2. The molecule has 0 unspecified atom stereocenters. The number of nitrogens with zero attached hydrogens (tertiary/aromatic N) is 1. The van der Waals surface area contributed by atoms with Crippen molar-refractivity contribution in [3.05, 3.63) is 59.4 Å². The summed E-state index contributed by atoms with van der Waals surface area (Å²) in [7, 11) is 1.58. The predicted molar refractivity (Wildman–Crippen MR) is 81.1 cm³/mol. The largest absolute Gasteiger partial charge is 0.359 e. The van der Waals surface area contributed by atoms with Crippen LogP contribution in [0.4, 0.5) is 5.69 Å². The van der Waals surface area contributed by atoms with Crippen LogP contribution >= 0.6 is 0 Å². The van der Waals surface area contributed by atoms with Gasteiger partial charge in [0.05, 0.1) is 6.42 Å². The molecule has 108 valence electrons. The summed E-state index contributed by atoms with van der Waals surface area (Å²) in [6.45, 7) is 1.83. The smallest absolute Gasteiger partial charge is 0.274 e. The number of rotatable bonds is 4. The Morgan fingerprint density at radius 3 is 2.57 bits per heavy atom. The standard InChI is InChI=1S/C16H17N3O2/c1-11-6-5-9-14(18-11)16(21)19-13-8-4-3-7-12(13)10-15(20)17-2/h3-9H,10H2,1-2H3,(H,17,20)(H,19,21). The number of hydrogen-bond acceptors (Lipinski definition) is 3. The van der Waals surface area contributed by atoms with Gasteiger partial charge < -0.3 is 10.6 Å². The van der Waals surface area contributed by atoms with E-state index in [4.69, 9.17) is 0 Å². The van der Waals surface area contributed by atoms with Crippen molar-refractivity contribution < 1.29 is 9.59 Å². The maximum Gasteiger partial charge on any atom is 0.274 e. The van der Waals surface area contributed by atoms with E-state index in [-0.39, 0.29) is 18.2 Å². The molecule has 0 saturated carbocycles. The highest BCUT2D eigenvalue weighted by molar-refractivity contribution is 6.03. The number of anilines is 1. The van der Waals surface area contributed by atoms with Crippen LogP contribution in [-0.2, 0) is 11.2 Å². The molecular formula is C16H17N3O2. The number of carbonyl (C=O) groups excluding carboxylic acids is 2. The van der Waals surface area contributed by atoms with E-state index >= 15 is 0 Å². The van der Waals surface area contributed by atoms with E-state index in [1.807, 2.05) is 31.2 Å². The van der Waals surface area contributed by atoms with E-state index in [0.717, 1.165) is 11.3 Å². The molecule has 0 atom stereocenters. The van der Waals surface area contributed by atoms with Gasteiger partial charge in [-0.25, -0.2) is 4.98 Å². The summed E-state index contributed by atoms with van der Waals surface area (Å²) in [6.07, 6.45) is 0.216. The highest BCUT2D eigenvalue weighted by atomic mass is 16.2. The van der Waals surface area contributed by atoms with Crippen LogP contribution in [0.3, 0.4) is 0 Å². The Balaban J connectivity index is 2.19. The fourth-order valence-corrected chi connectivity index (χ4v) is 1.91. The SMILES string of the molecule is CNC(=O)Cc1ccccc1NC(=O)c1cccc(C)n1. The van der Waals surface area contributed by atoms with Crippen molar-refractivity contribution in [2.45, 2.75) is 13.3 Å². The van der Waals surface area contributed by atoms with Gasteiger partial charge >= 0.3 is 0 Å². The van der Waals surface area contributed by atoms with Crippen molar-refractivity contribution in [2.75, 3.05) is 12.4 Å². The average molecular weight is 283 g/mol. The number of nitrogens with one attached hydrogen (secondary N) is 2. The molecule has 0 fully saturated rings. The number of para-hydroxylation sites is 1. The molecular weight excluding hydrogens is 266 g/mol. The molecule has 0 bridgehead atoms. The van der Waals surface area contributed by atoms with Crippen LogP contribution in [0.5, 0.6) is 0 Å². The molecule has 2 rings (SSSR count). The summed E-state index contributed by atoms with van der Waals surface area (Å²) < 4.78 is 0. The zero-order chi connectivity index (χ0) is 15.2. The van der Waals surface area contributed by atoms with Crippen molar-refractivity contribution in [3.63, 3.8) is 0 Å². The van der Waals surface area contributed by atoms with Crippen molar-refractivity contribution >= 4 is 17.5 Å². The summed E-state index contributed by atoms with van der Waals surface area (Å²) in [6, 6.07) is 12.5. The first-order valence-corrected chi connectivity index (χ1v) is 6.63. The number of carbonyl (C=O) groups is 2. The second-order valence-electron chi connectivity index (χ2n) is 4.63. The zero-order valence-electron chi connectivity index (χ0n) is 12.0. The van der Waals surface area contributed by atoms with Crippen LogP contribution in [0.1, 0.15) is 21.7 Å². The molecule has 0 aliphatic rings.